The van der Waals surface area contributed by atoms with Crippen LogP contribution in [-0.4, -0.2) is 5.33 Å². The first-order valence-corrected chi connectivity index (χ1v) is 4.26. The Labute approximate surface area is 59.1 Å². The molecule has 0 amide bonds. The van der Waals surface area contributed by atoms with Crippen molar-refractivity contribution >= 4 is 15.9 Å². The Bertz CT molecular complexity index is 86.4. The van der Waals surface area contributed by atoms with Crippen LogP contribution < -0.4 is 0 Å². The van der Waals surface area contributed by atoms with Crippen LogP contribution in [0.3, 0.4) is 0 Å². The summed E-state index contributed by atoms with van der Waals surface area (Å²) in [6, 6.07) is 0. The van der Waals surface area contributed by atoms with Crippen molar-refractivity contribution < 1.29 is 0 Å². The van der Waals surface area contributed by atoms with Gasteiger partial charge < -0.3 is 0 Å². The Hall–Kier alpha value is 0.220. The van der Waals surface area contributed by atoms with Gasteiger partial charge in [0, 0.05) is 5.33 Å². The van der Waals surface area contributed by atoms with Crippen LogP contribution in [0.1, 0.15) is 19.3 Å². The topological polar surface area (TPSA) is 0 Å². The van der Waals surface area contributed by atoms with E-state index in [4.69, 9.17) is 0 Å². The lowest BCUT2D eigenvalue weighted by Crippen LogP contribution is -2.02. The van der Waals surface area contributed by atoms with E-state index in [2.05, 4.69) is 28.1 Å². The number of allylic oxidation sites excluding steroid dienone is 2. The van der Waals surface area contributed by atoms with Gasteiger partial charge in [-0.1, -0.05) is 28.1 Å². The minimum atomic E-state index is 0.917. The SMILES string of the molecule is BrCC1CC=CCC1. The van der Waals surface area contributed by atoms with Gasteiger partial charge in [-0.15, -0.1) is 0 Å². The summed E-state index contributed by atoms with van der Waals surface area (Å²) in [7, 11) is 0. The van der Waals surface area contributed by atoms with Crippen molar-refractivity contribution in [3.05, 3.63) is 12.2 Å². The molecule has 0 saturated heterocycles. The van der Waals surface area contributed by atoms with Gasteiger partial charge in [0.2, 0.25) is 0 Å². The minimum absolute atomic E-state index is 0.917. The molecule has 0 aromatic rings. The van der Waals surface area contributed by atoms with E-state index in [1.807, 2.05) is 0 Å². The lowest BCUT2D eigenvalue weighted by Gasteiger charge is -2.13. The molecule has 0 fully saturated rings. The Morgan fingerprint density at radius 1 is 1.50 bits per heavy atom. The van der Waals surface area contributed by atoms with Crippen LogP contribution in [0.15, 0.2) is 12.2 Å². The van der Waals surface area contributed by atoms with Crippen molar-refractivity contribution in [3.63, 3.8) is 0 Å². The lowest BCUT2D eigenvalue weighted by molar-refractivity contribution is 0.539. The second kappa shape index (κ2) is 3.29. The minimum Gasteiger partial charge on any atom is -0.0925 e. The molecular formula is C7H11Br. The Kier molecular flexibility index (Phi) is 2.60. The zero-order valence-corrected chi connectivity index (χ0v) is 6.52. The highest BCUT2D eigenvalue weighted by atomic mass is 79.9. The molecule has 1 aliphatic rings. The summed E-state index contributed by atoms with van der Waals surface area (Å²) in [5, 5.41) is 1.18. The monoisotopic (exact) mass is 174 g/mol. The summed E-state index contributed by atoms with van der Waals surface area (Å²) in [5.41, 5.74) is 0. The van der Waals surface area contributed by atoms with Crippen molar-refractivity contribution in [1.29, 1.82) is 0 Å². The van der Waals surface area contributed by atoms with Crippen molar-refractivity contribution in [2.45, 2.75) is 19.3 Å². The quantitative estimate of drug-likeness (QED) is 0.424. The molecule has 46 valence electrons. The summed E-state index contributed by atoms with van der Waals surface area (Å²) in [6.07, 6.45) is 8.51. The fraction of sp³-hybridized carbons (Fsp3) is 0.714. The van der Waals surface area contributed by atoms with Gasteiger partial charge in [-0.3, -0.25) is 0 Å². The van der Waals surface area contributed by atoms with E-state index in [-0.39, 0.29) is 0 Å². The zero-order valence-electron chi connectivity index (χ0n) is 4.94. The number of alkyl halides is 1. The molecule has 1 rings (SSSR count). The molecule has 0 radical (unpaired) electrons. The highest BCUT2D eigenvalue weighted by Gasteiger charge is 2.05. The molecular weight excluding hydrogens is 164 g/mol. The number of hydrogen-bond donors (Lipinski definition) is 0. The average molecular weight is 175 g/mol. The molecule has 1 heteroatoms. The zero-order chi connectivity index (χ0) is 5.82. The third kappa shape index (κ3) is 1.62. The maximum absolute atomic E-state index is 3.48. The third-order valence-electron chi connectivity index (χ3n) is 1.60. The van der Waals surface area contributed by atoms with Crippen LogP contribution >= 0.6 is 15.9 Å². The van der Waals surface area contributed by atoms with Crippen LogP contribution in [-0.2, 0) is 0 Å². The highest BCUT2D eigenvalue weighted by Crippen LogP contribution is 2.19. The van der Waals surface area contributed by atoms with E-state index in [1.165, 1.54) is 24.6 Å². The third-order valence-corrected chi connectivity index (χ3v) is 2.51. The predicted molar refractivity (Wildman–Crippen MR) is 40.3 cm³/mol. The summed E-state index contributed by atoms with van der Waals surface area (Å²) in [6.45, 7) is 0. The first kappa shape index (κ1) is 6.34. The van der Waals surface area contributed by atoms with E-state index >= 15 is 0 Å². The smallest absolute Gasteiger partial charge is 0.00627 e. The van der Waals surface area contributed by atoms with E-state index in [1.54, 1.807) is 0 Å². The van der Waals surface area contributed by atoms with E-state index in [0.717, 1.165) is 5.92 Å². The van der Waals surface area contributed by atoms with Gasteiger partial charge in [-0.25, -0.2) is 0 Å². The summed E-state index contributed by atoms with van der Waals surface area (Å²) in [5.74, 6) is 0.917. The van der Waals surface area contributed by atoms with Crippen molar-refractivity contribution in [2.75, 3.05) is 5.33 Å². The molecule has 0 aromatic heterocycles. The van der Waals surface area contributed by atoms with Crippen molar-refractivity contribution in [3.8, 4) is 0 Å². The molecule has 0 spiro atoms. The largest absolute Gasteiger partial charge is 0.0925 e. The molecule has 1 unspecified atom stereocenters. The average Bonchev–Trinajstić information content (AvgIpc) is 1.90. The second-order valence-corrected chi connectivity index (χ2v) is 2.95. The summed E-state index contributed by atoms with van der Waals surface area (Å²) in [4.78, 5) is 0. The fourth-order valence-corrected chi connectivity index (χ4v) is 1.58. The van der Waals surface area contributed by atoms with Gasteiger partial charge in [0.05, 0.1) is 0 Å². The fourth-order valence-electron chi connectivity index (χ4n) is 0.996. The molecule has 1 atom stereocenters. The summed E-state index contributed by atoms with van der Waals surface area (Å²) < 4.78 is 0. The maximum Gasteiger partial charge on any atom is 0.00627 e. The van der Waals surface area contributed by atoms with Gasteiger partial charge in [-0.2, -0.15) is 0 Å². The van der Waals surface area contributed by atoms with Crippen LogP contribution in [0.4, 0.5) is 0 Å². The lowest BCUT2D eigenvalue weighted by atomic mass is 9.97. The molecule has 1 aliphatic carbocycles. The van der Waals surface area contributed by atoms with E-state index in [9.17, 15) is 0 Å². The number of rotatable bonds is 1. The van der Waals surface area contributed by atoms with E-state index < -0.39 is 0 Å². The normalized spacial score (nSPS) is 28.4. The maximum atomic E-state index is 3.48. The Morgan fingerprint density at radius 3 is 2.75 bits per heavy atom. The number of hydrogen-bond acceptors (Lipinski definition) is 0. The molecule has 0 saturated carbocycles. The van der Waals surface area contributed by atoms with Gasteiger partial charge in [-0.05, 0) is 25.2 Å². The number of halogens is 1. The Morgan fingerprint density at radius 2 is 2.38 bits per heavy atom. The molecule has 0 heterocycles. The molecule has 0 aliphatic heterocycles. The van der Waals surface area contributed by atoms with Crippen LogP contribution in [0.2, 0.25) is 0 Å². The molecule has 0 bridgehead atoms. The molecule has 0 aromatic carbocycles. The second-order valence-electron chi connectivity index (χ2n) is 2.30. The highest BCUT2D eigenvalue weighted by molar-refractivity contribution is 9.09. The molecule has 0 nitrogen and oxygen atoms in total. The van der Waals surface area contributed by atoms with Crippen LogP contribution in [0.25, 0.3) is 0 Å². The Balaban J connectivity index is 2.27. The van der Waals surface area contributed by atoms with E-state index in [0.29, 0.717) is 0 Å². The first-order chi connectivity index (χ1) is 3.93. The van der Waals surface area contributed by atoms with Crippen molar-refractivity contribution in [1.82, 2.24) is 0 Å². The standard InChI is InChI=1S/C7H11Br/c8-6-7-4-2-1-3-5-7/h1-2,7H,3-6H2. The van der Waals surface area contributed by atoms with Gasteiger partial charge in [0.15, 0.2) is 0 Å². The first-order valence-electron chi connectivity index (χ1n) is 3.14. The molecule has 8 heavy (non-hydrogen) atoms. The van der Waals surface area contributed by atoms with Gasteiger partial charge >= 0.3 is 0 Å². The van der Waals surface area contributed by atoms with Crippen LogP contribution in [0, 0.1) is 5.92 Å². The van der Waals surface area contributed by atoms with Gasteiger partial charge in [0.25, 0.3) is 0 Å². The summed E-state index contributed by atoms with van der Waals surface area (Å²) >= 11 is 3.48. The van der Waals surface area contributed by atoms with Crippen LogP contribution in [0.5, 0.6) is 0 Å². The van der Waals surface area contributed by atoms with Crippen molar-refractivity contribution in [2.24, 2.45) is 5.92 Å². The van der Waals surface area contributed by atoms with Gasteiger partial charge in [0.1, 0.15) is 0 Å². The molecule has 0 N–H and O–H groups in total. The predicted octanol–water partition coefficient (Wildman–Crippen LogP) is 2.74.